The summed E-state index contributed by atoms with van der Waals surface area (Å²) in [6.45, 7) is 4.07. The van der Waals surface area contributed by atoms with Gasteiger partial charge in [0.1, 0.15) is 17.2 Å². The average Bonchev–Trinajstić information content (AvgIpc) is 2.86. The van der Waals surface area contributed by atoms with E-state index in [1.165, 1.54) is 11.3 Å². The zero-order chi connectivity index (χ0) is 19.7. The van der Waals surface area contributed by atoms with Gasteiger partial charge >= 0.3 is 5.69 Å². The van der Waals surface area contributed by atoms with Crippen LogP contribution in [0.1, 0.15) is 29.7 Å². The van der Waals surface area contributed by atoms with Gasteiger partial charge in [0.05, 0.1) is 10.3 Å². The number of hydrogen-bond acceptors (Lipinski definition) is 8. The second-order valence-corrected chi connectivity index (χ2v) is 8.44. The Hall–Kier alpha value is -2.59. The lowest BCUT2D eigenvalue weighted by atomic mass is 10.1. The van der Waals surface area contributed by atoms with Crippen LogP contribution in [0, 0.1) is 10.1 Å². The first-order chi connectivity index (χ1) is 13.6. The molecular formula is C18H17N5O3S2. The molecule has 3 heterocycles. The van der Waals surface area contributed by atoms with Crippen molar-refractivity contribution in [2.45, 2.75) is 49.0 Å². The maximum Gasteiger partial charge on any atom is 0.305 e. The molecule has 8 nitrogen and oxygen atoms in total. The minimum Gasteiger partial charge on any atom is -0.283 e. The fourth-order valence-corrected chi connectivity index (χ4v) is 5.39. The third kappa shape index (κ3) is 3.45. The van der Waals surface area contributed by atoms with Crippen molar-refractivity contribution in [1.82, 2.24) is 19.5 Å². The first-order valence-electron chi connectivity index (χ1n) is 8.88. The van der Waals surface area contributed by atoms with Crippen molar-refractivity contribution in [2.75, 3.05) is 0 Å². The number of aryl methyl sites for hydroxylation is 2. The van der Waals surface area contributed by atoms with Gasteiger partial charge in [-0.3, -0.25) is 19.5 Å². The second kappa shape index (κ2) is 7.80. The topological polar surface area (TPSA) is 104 Å². The minimum absolute atomic E-state index is 0.0753. The molecule has 3 aromatic rings. The summed E-state index contributed by atoms with van der Waals surface area (Å²) in [5, 5.41) is 12.3. The Morgan fingerprint density at radius 1 is 1.29 bits per heavy atom. The lowest BCUT2D eigenvalue weighted by Crippen LogP contribution is -2.23. The third-order valence-electron chi connectivity index (χ3n) is 4.61. The van der Waals surface area contributed by atoms with E-state index < -0.39 is 4.92 Å². The van der Waals surface area contributed by atoms with E-state index in [0.29, 0.717) is 16.9 Å². The Balaban J connectivity index is 1.81. The summed E-state index contributed by atoms with van der Waals surface area (Å²) in [6, 6.07) is 0. The normalized spacial score (nSPS) is 13.9. The van der Waals surface area contributed by atoms with Gasteiger partial charge in [0.15, 0.2) is 10.3 Å². The van der Waals surface area contributed by atoms with Crippen molar-refractivity contribution in [1.29, 1.82) is 0 Å². The maximum atomic E-state index is 13.3. The van der Waals surface area contributed by atoms with Crippen LogP contribution in [0.2, 0.25) is 0 Å². The Kier molecular flexibility index (Phi) is 5.23. The molecule has 144 valence electrons. The molecule has 0 aromatic carbocycles. The molecule has 0 fully saturated rings. The molecule has 0 bridgehead atoms. The quantitative estimate of drug-likeness (QED) is 0.205. The largest absolute Gasteiger partial charge is 0.305 e. The van der Waals surface area contributed by atoms with Crippen LogP contribution in [-0.4, -0.2) is 24.4 Å². The Morgan fingerprint density at radius 3 is 2.75 bits per heavy atom. The highest BCUT2D eigenvalue weighted by Crippen LogP contribution is 2.34. The highest BCUT2D eigenvalue weighted by Gasteiger charge is 2.22. The van der Waals surface area contributed by atoms with Crippen LogP contribution >= 0.6 is 23.1 Å². The Bertz CT molecular complexity index is 1120. The fourth-order valence-electron chi connectivity index (χ4n) is 3.30. The molecule has 0 saturated heterocycles. The molecule has 1 aliphatic rings. The maximum absolute atomic E-state index is 13.3. The summed E-state index contributed by atoms with van der Waals surface area (Å²) in [5.41, 5.74) is 0.892. The molecule has 0 saturated carbocycles. The van der Waals surface area contributed by atoms with Gasteiger partial charge in [-0.15, -0.1) is 17.9 Å². The number of nitro groups is 1. The number of thiophene rings is 1. The van der Waals surface area contributed by atoms with Crippen molar-refractivity contribution in [3.63, 3.8) is 0 Å². The Morgan fingerprint density at radius 2 is 2.04 bits per heavy atom. The third-order valence-corrected chi connectivity index (χ3v) is 6.68. The summed E-state index contributed by atoms with van der Waals surface area (Å²) in [4.78, 5) is 38.2. The summed E-state index contributed by atoms with van der Waals surface area (Å²) in [5.74, 6) is 0. The number of hydrogen-bond donors (Lipinski definition) is 0. The van der Waals surface area contributed by atoms with Gasteiger partial charge < -0.3 is 0 Å². The van der Waals surface area contributed by atoms with Gasteiger partial charge in [-0.1, -0.05) is 12.5 Å². The van der Waals surface area contributed by atoms with E-state index in [2.05, 4.69) is 16.5 Å². The monoisotopic (exact) mass is 415 g/mol. The smallest absolute Gasteiger partial charge is 0.283 e. The molecule has 28 heavy (non-hydrogen) atoms. The number of rotatable bonds is 5. The van der Waals surface area contributed by atoms with E-state index in [-0.39, 0.29) is 11.2 Å². The molecular weight excluding hydrogens is 398 g/mol. The van der Waals surface area contributed by atoms with Gasteiger partial charge in [0.2, 0.25) is 0 Å². The first-order valence-corrected chi connectivity index (χ1v) is 10.5. The predicted molar refractivity (Wildman–Crippen MR) is 108 cm³/mol. The molecule has 0 atom stereocenters. The van der Waals surface area contributed by atoms with E-state index in [4.69, 9.17) is 4.98 Å². The molecule has 0 spiro atoms. The van der Waals surface area contributed by atoms with E-state index in [9.17, 15) is 14.9 Å². The number of allylic oxidation sites excluding steroid dienone is 1. The first kappa shape index (κ1) is 18.8. The highest BCUT2D eigenvalue weighted by atomic mass is 32.2. The molecule has 1 aliphatic carbocycles. The molecule has 10 heteroatoms. The van der Waals surface area contributed by atoms with Gasteiger partial charge in [-0.25, -0.2) is 15.0 Å². The van der Waals surface area contributed by atoms with Crippen molar-refractivity contribution in [2.24, 2.45) is 0 Å². The summed E-state index contributed by atoms with van der Waals surface area (Å²) >= 11 is 2.71. The number of nitrogens with zero attached hydrogens (tertiary/aromatic N) is 5. The second-order valence-electron chi connectivity index (χ2n) is 6.43. The van der Waals surface area contributed by atoms with Gasteiger partial charge in [-0.05, 0) is 43.0 Å². The van der Waals surface area contributed by atoms with Crippen LogP contribution in [0.3, 0.4) is 0 Å². The van der Waals surface area contributed by atoms with E-state index in [0.717, 1.165) is 65.6 Å². The van der Waals surface area contributed by atoms with Gasteiger partial charge in [-0.2, -0.15) is 0 Å². The van der Waals surface area contributed by atoms with Crippen molar-refractivity contribution in [3.05, 3.63) is 56.0 Å². The molecule has 0 unspecified atom stereocenters. The Labute approximate surface area is 168 Å². The number of fused-ring (bicyclic) bond motifs is 3. The van der Waals surface area contributed by atoms with Crippen LogP contribution in [0.5, 0.6) is 0 Å². The zero-order valence-corrected chi connectivity index (χ0v) is 16.6. The predicted octanol–water partition coefficient (Wildman–Crippen LogP) is 3.76. The highest BCUT2D eigenvalue weighted by molar-refractivity contribution is 7.99. The van der Waals surface area contributed by atoms with Crippen LogP contribution in [0.15, 0.2) is 40.2 Å². The molecule has 0 N–H and O–H groups in total. The van der Waals surface area contributed by atoms with Crippen molar-refractivity contribution < 1.29 is 4.92 Å². The van der Waals surface area contributed by atoms with E-state index in [1.54, 1.807) is 22.0 Å². The SMILES string of the molecule is C=CCn1c(Sc2ncc([N+](=O)[O-])cn2)nc2sc3c(c2c1=O)CCCCC3. The van der Waals surface area contributed by atoms with E-state index in [1.807, 2.05) is 0 Å². The van der Waals surface area contributed by atoms with Crippen molar-refractivity contribution in [3.8, 4) is 0 Å². The number of aromatic nitrogens is 4. The molecule has 3 aromatic heterocycles. The average molecular weight is 416 g/mol. The lowest BCUT2D eigenvalue weighted by Gasteiger charge is -2.09. The van der Waals surface area contributed by atoms with Gasteiger partial charge in [0, 0.05) is 11.4 Å². The van der Waals surface area contributed by atoms with E-state index >= 15 is 0 Å². The van der Waals surface area contributed by atoms with Crippen LogP contribution in [0.25, 0.3) is 10.2 Å². The molecule has 0 amide bonds. The molecule has 0 aliphatic heterocycles. The van der Waals surface area contributed by atoms with Crippen LogP contribution < -0.4 is 5.56 Å². The van der Waals surface area contributed by atoms with Crippen molar-refractivity contribution >= 4 is 39.0 Å². The van der Waals surface area contributed by atoms with Crippen LogP contribution in [0.4, 0.5) is 5.69 Å². The summed E-state index contributed by atoms with van der Waals surface area (Å²) in [7, 11) is 0. The fraction of sp³-hybridized carbons (Fsp3) is 0.333. The minimum atomic E-state index is -0.550. The summed E-state index contributed by atoms with van der Waals surface area (Å²) in [6.07, 6.45) is 9.27. The molecule has 4 rings (SSSR count). The zero-order valence-electron chi connectivity index (χ0n) is 15.0. The summed E-state index contributed by atoms with van der Waals surface area (Å²) < 4.78 is 1.57. The van der Waals surface area contributed by atoms with Crippen LogP contribution in [-0.2, 0) is 19.4 Å². The standard InChI is InChI=1S/C18H17N5O3S2/c1-2-8-22-16(24)14-12-6-4-3-5-7-13(12)27-15(14)21-18(22)28-17-19-9-11(10-20-17)23(25)26/h2,9-10H,1,3-8H2. The lowest BCUT2D eigenvalue weighted by molar-refractivity contribution is -0.385. The molecule has 0 radical (unpaired) electrons. The van der Waals surface area contributed by atoms with Gasteiger partial charge in [0.25, 0.3) is 5.56 Å².